The van der Waals surface area contributed by atoms with E-state index in [2.05, 4.69) is 16.0 Å². The van der Waals surface area contributed by atoms with Crippen LogP contribution in [0.15, 0.2) is 54.7 Å². The third kappa shape index (κ3) is 2.82. The molecule has 1 N–H and O–H groups in total. The van der Waals surface area contributed by atoms with Gasteiger partial charge in [-0.25, -0.2) is 0 Å². The monoisotopic (exact) mass is 335 g/mol. The van der Waals surface area contributed by atoms with E-state index in [1.165, 1.54) is 0 Å². The number of carbonyl (C=O) groups excluding carboxylic acids is 1. The average molecular weight is 335 g/mol. The van der Waals surface area contributed by atoms with Gasteiger partial charge < -0.3 is 19.5 Å². The minimum absolute atomic E-state index is 0.0946. The second kappa shape index (κ2) is 6.51. The molecule has 1 fully saturated rings. The summed E-state index contributed by atoms with van der Waals surface area (Å²) in [4.78, 5) is 20.3. The van der Waals surface area contributed by atoms with Gasteiger partial charge in [-0.15, -0.1) is 0 Å². The van der Waals surface area contributed by atoms with E-state index in [1.807, 2.05) is 53.6 Å². The van der Waals surface area contributed by atoms with Gasteiger partial charge in [-0.1, -0.05) is 30.3 Å². The molecule has 128 valence electrons. The number of nitrogens with one attached hydrogen (secondary N) is 1. The zero-order valence-corrected chi connectivity index (χ0v) is 14.2. The van der Waals surface area contributed by atoms with Gasteiger partial charge in [-0.2, -0.15) is 0 Å². The normalized spacial score (nSPS) is 14.8. The van der Waals surface area contributed by atoms with Gasteiger partial charge >= 0.3 is 0 Å². The number of aromatic amines is 1. The van der Waals surface area contributed by atoms with Crippen LogP contribution >= 0.6 is 0 Å². The van der Waals surface area contributed by atoms with Crippen LogP contribution in [-0.2, 0) is 0 Å². The largest absolute Gasteiger partial charge is 0.495 e. The van der Waals surface area contributed by atoms with Crippen LogP contribution < -0.4 is 9.64 Å². The highest BCUT2D eigenvalue weighted by atomic mass is 16.5. The lowest BCUT2D eigenvalue weighted by Gasteiger charge is -2.36. The Bertz CT molecular complexity index is 895. The van der Waals surface area contributed by atoms with Crippen molar-refractivity contribution >= 4 is 22.5 Å². The van der Waals surface area contributed by atoms with Crippen molar-refractivity contribution in [3.63, 3.8) is 0 Å². The number of rotatable bonds is 3. The molecule has 0 unspecified atom stereocenters. The first kappa shape index (κ1) is 15.6. The summed E-state index contributed by atoms with van der Waals surface area (Å²) >= 11 is 0. The van der Waals surface area contributed by atoms with Crippen LogP contribution in [-0.4, -0.2) is 49.1 Å². The third-order valence-electron chi connectivity index (χ3n) is 4.81. The maximum absolute atomic E-state index is 12.9. The fourth-order valence-electron chi connectivity index (χ4n) is 3.46. The predicted octanol–water partition coefficient (Wildman–Crippen LogP) is 3.14. The van der Waals surface area contributed by atoms with Gasteiger partial charge in [-0.05, 0) is 18.2 Å². The smallest absolute Gasteiger partial charge is 0.256 e. The Labute approximate surface area is 146 Å². The second-order valence-electron chi connectivity index (χ2n) is 6.20. The molecule has 0 bridgehead atoms. The van der Waals surface area contributed by atoms with E-state index in [0.29, 0.717) is 13.1 Å². The first-order chi connectivity index (χ1) is 12.3. The van der Waals surface area contributed by atoms with E-state index in [-0.39, 0.29) is 5.91 Å². The number of aromatic nitrogens is 1. The van der Waals surface area contributed by atoms with Crippen LogP contribution in [0.5, 0.6) is 5.75 Å². The van der Waals surface area contributed by atoms with Gasteiger partial charge in [0.05, 0.1) is 18.4 Å². The number of piperazine rings is 1. The molecule has 5 heteroatoms. The van der Waals surface area contributed by atoms with Crippen LogP contribution in [0.4, 0.5) is 5.69 Å². The van der Waals surface area contributed by atoms with Crippen molar-refractivity contribution in [3.8, 4) is 5.75 Å². The van der Waals surface area contributed by atoms with Crippen LogP contribution in [0.1, 0.15) is 10.4 Å². The Morgan fingerprint density at radius 2 is 1.72 bits per heavy atom. The Morgan fingerprint density at radius 1 is 1.00 bits per heavy atom. The molecule has 1 aliphatic rings. The van der Waals surface area contributed by atoms with E-state index in [1.54, 1.807) is 7.11 Å². The number of carbonyl (C=O) groups is 1. The molecule has 5 nitrogen and oxygen atoms in total. The molecule has 2 aromatic carbocycles. The van der Waals surface area contributed by atoms with Gasteiger partial charge in [0.1, 0.15) is 5.75 Å². The average Bonchev–Trinajstić information content (AvgIpc) is 3.11. The first-order valence-corrected chi connectivity index (χ1v) is 8.51. The molecule has 1 saturated heterocycles. The molecule has 1 aliphatic heterocycles. The molecular weight excluding hydrogens is 314 g/mol. The first-order valence-electron chi connectivity index (χ1n) is 8.51. The fraction of sp³-hybridized carbons (Fsp3) is 0.250. The number of methoxy groups -OCH3 is 1. The lowest BCUT2D eigenvalue weighted by molar-refractivity contribution is 0.0748. The van der Waals surface area contributed by atoms with Crippen molar-refractivity contribution < 1.29 is 9.53 Å². The number of amides is 1. The van der Waals surface area contributed by atoms with Gasteiger partial charge in [0.15, 0.2) is 0 Å². The van der Waals surface area contributed by atoms with E-state index >= 15 is 0 Å². The number of nitrogens with zero attached hydrogens (tertiary/aromatic N) is 2. The maximum Gasteiger partial charge on any atom is 0.256 e. The van der Waals surface area contributed by atoms with E-state index < -0.39 is 0 Å². The number of para-hydroxylation sites is 3. The maximum atomic E-state index is 12.9. The number of ether oxygens (including phenoxy) is 1. The number of anilines is 1. The quantitative estimate of drug-likeness (QED) is 0.800. The molecular formula is C20H21N3O2. The summed E-state index contributed by atoms with van der Waals surface area (Å²) in [5.41, 5.74) is 2.84. The van der Waals surface area contributed by atoms with Crippen LogP contribution in [0.2, 0.25) is 0 Å². The number of hydrogen-bond acceptors (Lipinski definition) is 3. The highest BCUT2D eigenvalue weighted by molar-refractivity contribution is 6.06. The Kier molecular flexibility index (Phi) is 4.06. The Hall–Kier alpha value is -2.95. The van der Waals surface area contributed by atoms with E-state index in [9.17, 15) is 4.79 Å². The number of hydrogen-bond donors (Lipinski definition) is 1. The molecule has 0 radical (unpaired) electrons. The number of H-pyrrole nitrogens is 1. The van der Waals surface area contributed by atoms with Crippen molar-refractivity contribution in [2.75, 3.05) is 38.2 Å². The molecule has 25 heavy (non-hydrogen) atoms. The zero-order valence-electron chi connectivity index (χ0n) is 14.2. The highest BCUT2D eigenvalue weighted by Crippen LogP contribution is 2.29. The topological polar surface area (TPSA) is 48.6 Å². The summed E-state index contributed by atoms with van der Waals surface area (Å²) in [7, 11) is 1.69. The summed E-state index contributed by atoms with van der Waals surface area (Å²) in [6, 6.07) is 15.9. The van der Waals surface area contributed by atoms with Crippen molar-refractivity contribution in [1.82, 2.24) is 9.88 Å². The van der Waals surface area contributed by atoms with Crippen LogP contribution in [0.25, 0.3) is 10.9 Å². The summed E-state index contributed by atoms with van der Waals surface area (Å²) in [5, 5.41) is 0.986. The molecule has 2 heterocycles. The minimum atomic E-state index is 0.0946. The van der Waals surface area contributed by atoms with Gasteiger partial charge in [0, 0.05) is 43.3 Å². The number of benzene rings is 2. The van der Waals surface area contributed by atoms with Crippen LogP contribution in [0.3, 0.4) is 0 Å². The fourth-order valence-corrected chi connectivity index (χ4v) is 3.46. The van der Waals surface area contributed by atoms with E-state index in [0.717, 1.165) is 41.0 Å². The predicted molar refractivity (Wildman–Crippen MR) is 99.4 cm³/mol. The summed E-state index contributed by atoms with van der Waals surface area (Å²) in [6.45, 7) is 3.01. The summed E-state index contributed by atoms with van der Waals surface area (Å²) in [5.74, 6) is 0.969. The molecule has 0 spiro atoms. The lowest BCUT2D eigenvalue weighted by atomic mass is 10.1. The van der Waals surface area contributed by atoms with Gasteiger partial charge in [0.2, 0.25) is 0 Å². The number of fused-ring (bicyclic) bond motifs is 1. The minimum Gasteiger partial charge on any atom is -0.495 e. The third-order valence-corrected chi connectivity index (χ3v) is 4.81. The highest BCUT2D eigenvalue weighted by Gasteiger charge is 2.25. The molecule has 0 saturated carbocycles. The second-order valence-corrected chi connectivity index (χ2v) is 6.20. The van der Waals surface area contributed by atoms with Crippen molar-refractivity contribution in [3.05, 3.63) is 60.3 Å². The molecule has 3 aromatic rings. The van der Waals surface area contributed by atoms with Gasteiger partial charge in [-0.3, -0.25) is 4.79 Å². The standard InChI is InChI=1S/C20H21N3O2/c1-25-19-9-5-4-8-18(19)22-10-12-23(13-11-22)20(24)16-14-21-17-7-3-2-6-15(16)17/h2-9,14,21H,10-13H2,1H3. The molecule has 0 aliphatic carbocycles. The summed E-state index contributed by atoms with van der Waals surface area (Å²) in [6.07, 6.45) is 1.82. The lowest BCUT2D eigenvalue weighted by Crippen LogP contribution is -2.48. The molecule has 0 atom stereocenters. The Balaban J connectivity index is 1.49. The Morgan fingerprint density at radius 3 is 2.52 bits per heavy atom. The molecule has 4 rings (SSSR count). The van der Waals surface area contributed by atoms with Crippen molar-refractivity contribution in [2.45, 2.75) is 0 Å². The van der Waals surface area contributed by atoms with Crippen molar-refractivity contribution in [1.29, 1.82) is 0 Å². The van der Waals surface area contributed by atoms with Crippen LogP contribution in [0, 0.1) is 0 Å². The SMILES string of the molecule is COc1ccccc1N1CCN(C(=O)c2c[nH]c3ccccc23)CC1. The summed E-state index contributed by atoms with van der Waals surface area (Å²) < 4.78 is 5.45. The van der Waals surface area contributed by atoms with Crippen molar-refractivity contribution in [2.24, 2.45) is 0 Å². The van der Waals surface area contributed by atoms with Gasteiger partial charge in [0.25, 0.3) is 5.91 Å². The molecule has 1 amide bonds. The van der Waals surface area contributed by atoms with E-state index in [4.69, 9.17) is 4.74 Å². The molecule has 1 aromatic heterocycles. The zero-order chi connectivity index (χ0) is 17.2.